The van der Waals surface area contributed by atoms with Crippen LogP contribution in [-0.2, 0) is 9.59 Å². The van der Waals surface area contributed by atoms with Crippen LogP contribution in [0.5, 0.6) is 0 Å². The van der Waals surface area contributed by atoms with Gasteiger partial charge in [-0.25, -0.2) is 0 Å². The second kappa shape index (κ2) is 7.89. The number of nitrogens with zero attached hydrogens (tertiary/aromatic N) is 4. The molecule has 0 aliphatic carbocycles. The van der Waals surface area contributed by atoms with Gasteiger partial charge in [-0.05, 0) is 48.9 Å². The van der Waals surface area contributed by atoms with Crippen molar-refractivity contribution in [2.45, 2.75) is 13.0 Å². The Balaban J connectivity index is 1.92. The van der Waals surface area contributed by atoms with Crippen molar-refractivity contribution in [1.82, 2.24) is 10.2 Å². The molecule has 1 aromatic heterocycles. The van der Waals surface area contributed by atoms with Crippen LogP contribution >= 0.6 is 22.9 Å². The molecule has 9 nitrogen and oxygen atoms in total. The van der Waals surface area contributed by atoms with Gasteiger partial charge >= 0.3 is 5.91 Å². The molecule has 0 spiro atoms. The summed E-state index contributed by atoms with van der Waals surface area (Å²) in [5.41, 5.74) is 0.384. The molecule has 11 heteroatoms. The first-order chi connectivity index (χ1) is 14.8. The van der Waals surface area contributed by atoms with Gasteiger partial charge in [-0.1, -0.05) is 22.9 Å². The van der Waals surface area contributed by atoms with Gasteiger partial charge in [-0.15, -0.1) is 10.2 Å². The molecule has 1 aliphatic heterocycles. The van der Waals surface area contributed by atoms with E-state index in [9.17, 15) is 24.8 Å². The summed E-state index contributed by atoms with van der Waals surface area (Å²) < 4.78 is 0. The number of benzene rings is 2. The number of anilines is 1. The summed E-state index contributed by atoms with van der Waals surface area (Å²) >= 11 is 7.01. The predicted octanol–water partition coefficient (Wildman–Crippen LogP) is 4.03. The summed E-state index contributed by atoms with van der Waals surface area (Å²) in [5, 5.41) is 31.0. The number of nitro groups is 1. The lowest BCUT2D eigenvalue weighted by atomic mass is 9.95. The van der Waals surface area contributed by atoms with E-state index in [0.29, 0.717) is 21.2 Å². The Hall–Kier alpha value is -3.63. The molecule has 3 aromatic rings. The van der Waals surface area contributed by atoms with Crippen LogP contribution in [0.2, 0.25) is 5.02 Å². The SMILES string of the molecule is Cc1nnc(N2C(=O)C(=O)/C(=C(/O)c3ccc(Cl)cc3)C2c2ccc([N+](=O)[O-])cc2)s1. The number of carbonyl (C=O) groups is 2. The third-order valence-corrected chi connectivity index (χ3v) is 5.79. The van der Waals surface area contributed by atoms with Gasteiger partial charge in [0.1, 0.15) is 10.8 Å². The number of hydrogen-bond acceptors (Lipinski definition) is 8. The fourth-order valence-corrected chi connectivity index (χ4v) is 4.11. The van der Waals surface area contributed by atoms with Gasteiger partial charge in [0, 0.05) is 22.7 Å². The zero-order valence-electron chi connectivity index (χ0n) is 15.9. The van der Waals surface area contributed by atoms with E-state index in [4.69, 9.17) is 11.6 Å². The highest BCUT2D eigenvalue weighted by Gasteiger charge is 2.48. The van der Waals surface area contributed by atoms with Crippen molar-refractivity contribution in [3.05, 3.63) is 85.4 Å². The standard InChI is InChI=1S/C20H13ClN4O5S/c1-10-22-23-20(31-10)24-16(11-4-8-14(9-5-11)25(29)30)15(18(27)19(24)28)17(26)12-2-6-13(21)7-3-12/h2-9,16,26H,1H3/b17-15+. The van der Waals surface area contributed by atoms with Gasteiger partial charge in [0.15, 0.2) is 0 Å². The minimum absolute atomic E-state index is 0.148. The van der Waals surface area contributed by atoms with E-state index >= 15 is 0 Å². The highest BCUT2D eigenvalue weighted by molar-refractivity contribution is 7.15. The second-order valence-electron chi connectivity index (χ2n) is 6.63. The first-order valence-electron chi connectivity index (χ1n) is 8.89. The molecular weight excluding hydrogens is 444 g/mol. The van der Waals surface area contributed by atoms with Crippen molar-refractivity contribution < 1.29 is 19.6 Å². The molecule has 1 unspecified atom stereocenters. The monoisotopic (exact) mass is 456 g/mol. The highest BCUT2D eigenvalue weighted by Crippen LogP contribution is 2.43. The van der Waals surface area contributed by atoms with Crippen LogP contribution < -0.4 is 4.90 Å². The lowest BCUT2D eigenvalue weighted by molar-refractivity contribution is -0.384. The zero-order chi connectivity index (χ0) is 22.3. The van der Waals surface area contributed by atoms with Crippen LogP contribution in [0.1, 0.15) is 22.2 Å². The number of Topliss-reactive ketones (excluding diaryl/α,β-unsaturated/α-hetero) is 1. The molecule has 1 fully saturated rings. The number of amides is 1. The van der Waals surface area contributed by atoms with Crippen LogP contribution in [0.3, 0.4) is 0 Å². The van der Waals surface area contributed by atoms with Gasteiger partial charge in [0.25, 0.3) is 11.5 Å². The zero-order valence-corrected chi connectivity index (χ0v) is 17.4. The number of aromatic nitrogens is 2. The number of aliphatic hydroxyl groups excluding tert-OH is 1. The topological polar surface area (TPSA) is 127 Å². The molecule has 31 heavy (non-hydrogen) atoms. The van der Waals surface area contributed by atoms with Crippen molar-refractivity contribution >= 4 is 51.2 Å². The first-order valence-corrected chi connectivity index (χ1v) is 10.1. The number of non-ortho nitro benzene ring substituents is 1. The van der Waals surface area contributed by atoms with Gasteiger partial charge in [0.05, 0.1) is 16.5 Å². The number of aliphatic hydroxyl groups is 1. The van der Waals surface area contributed by atoms with Crippen LogP contribution in [-0.4, -0.2) is 31.9 Å². The van der Waals surface area contributed by atoms with Crippen LogP contribution in [0.15, 0.2) is 54.1 Å². The Bertz CT molecular complexity index is 1240. The van der Waals surface area contributed by atoms with Crippen LogP contribution in [0.4, 0.5) is 10.8 Å². The molecule has 2 heterocycles. The minimum atomic E-state index is -1.04. The molecule has 0 radical (unpaired) electrons. The Morgan fingerprint density at radius 1 is 1.13 bits per heavy atom. The van der Waals surface area contributed by atoms with E-state index in [1.165, 1.54) is 36.4 Å². The fraction of sp³-hybridized carbons (Fsp3) is 0.100. The molecule has 156 valence electrons. The Morgan fingerprint density at radius 2 is 1.77 bits per heavy atom. The molecule has 4 rings (SSSR count). The third kappa shape index (κ3) is 3.66. The summed E-state index contributed by atoms with van der Waals surface area (Å²) in [6, 6.07) is 10.5. The summed E-state index contributed by atoms with van der Waals surface area (Å²) in [6.07, 6.45) is 0. The number of hydrogen-bond donors (Lipinski definition) is 1. The van der Waals surface area contributed by atoms with Crippen molar-refractivity contribution in [3.63, 3.8) is 0 Å². The Kier molecular flexibility index (Phi) is 5.25. The van der Waals surface area contributed by atoms with Gasteiger partial charge < -0.3 is 5.11 Å². The smallest absolute Gasteiger partial charge is 0.301 e. The summed E-state index contributed by atoms with van der Waals surface area (Å²) in [4.78, 5) is 37.5. The molecule has 1 amide bonds. The second-order valence-corrected chi connectivity index (χ2v) is 8.22. The maximum Gasteiger partial charge on any atom is 0.301 e. The molecular formula is C20H13ClN4O5S. The van der Waals surface area contributed by atoms with E-state index in [1.807, 2.05) is 0 Å². The number of carbonyl (C=O) groups excluding carboxylic acids is 2. The highest BCUT2D eigenvalue weighted by atomic mass is 35.5. The Labute approximate surface area is 184 Å². The molecule has 0 saturated carbocycles. The fourth-order valence-electron chi connectivity index (χ4n) is 3.27. The lowest BCUT2D eigenvalue weighted by Gasteiger charge is -2.22. The first kappa shape index (κ1) is 20.6. The van der Waals surface area contributed by atoms with Crippen molar-refractivity contribution in [1.29, 1.82) is 0 Å². The third-order valence-electron chi connectivity index (χ3n) is 4.70. The molecule has 1 aliphatic rings. The summed E-state index contributed by atoms with van der Waals surface area (Å²) in [5.74, 6) is -2.17. The maximum absolute atomic E-state index is 12.9. The van der Waals surface area contributed by atoms with Crippen molar-refractivity contribution in [3.8, 4) is 0 Å². The average Bonchev–Trinajstić information content (AvgIpc) is 3.29. The number of ketones is 1. The largest absolute Gasteiger partial charge is 0.507 e. The van der Waals surface area contributed by atoms with Crippen molar-refractivity contribution in [2.75, 3.05) is 4.90 Å². The van der Waals surface area contributed by atoms with Gasteiger partial charge in [-0.3, -0.25) is 24.6 Å². The van der Waals surface area contributed by atoms with E-state index < -0.39 is 22.7 Å². The predicted molar refractivity (Wildman–Crippen MR) is 114 cm³/mol. The van der Waals surface area contributed by atoms with Gasteiger partial charge in [-0.2, -0.15) is 0 Å². The van der Waals surface area contributed by atoms with E-state index in [2.05, 4.69) is 10.2 Å². The van der Waals surface area contributed by atoms with E-state index in [0.717, 1.165) is 16.2 Å². The molecule has 1 atom stereocenters. The molecule has 2 aromatic carbocycles. The lowest BCUT2D eigenvalue weighted by Crippen LogP contribution is -2.29. The van der Waals surface area contributed by atoms with Gasteiger partial charge in [0.2, 0.25) is 5.13 Å². The molecule has 0 bridgehead atoms. The number of rotatable bonds is 4. The number of nitro benzene ring substituents is 1. The van der Waals surface area contributed by atoms with Crippen LogP contribution in [0.25, 0.3) is 5.76 Å². The average molecular weight is 457 g/mol. The van der Waals surface area contributed by atoms with E-state index in [-0.39, 0.29) is 22.2 Å². The van der Waals surface area contributed by atoms with Crippen molar-refractivity contribution in [2.24, 2.45) is 0 Å². The summed E-state index contributed by atoms with van der Waals surface area (Å²) in [6.45, 7) is 1.70. The Morgan fingerprint density at radius 3 is 2.32 bits per heavy atom. The number of aryl methyl sites for hydroxylation is 1. The molecule has 1 saturated heterocycles. The normalized spacial score (nSPS) is 17.9. The van der Waals surface area contributed by atoms with Crippen LogP contribution in [0, 0.1) is 17.0 Å². The number of halogens is 1. The quantitative estimate of drug-likeness (QED) is 0.206. The summed E-state index contributed by atoms with van der Waals surface area (Å²) in [7, 11) is 0. The maximum atomic E-state index is 12.9. The molecule has 1 N–H and O–H groups in total. The minimum Gasteiger partial charge on any atom is -0.507 e. The van der Waals surface area contributed by atoms with E-state index in [1.54, 1.807) is 19.1 Å².